The molecule has 0 saturated carbocycles. The minimum atomic E-state index is 0.0115. The lowest BCUT2D eigenvalue weighted by molar-refractivity contribution is 0.669. The summed E-state index contributed by atoms with van der Waals surface area (Å²) in [6, 6.07) is 109. The summed E-state index contributed by atoms with van der Waals surface area (Å²) in [6.07, 6.45) is 9.33. The number of benzene rings is 15. The summed E-state index contributed by atoms with van der Waals surface area (Å²) < 4.78 is 13.8. The van der Waals surface area contributed by atoms with E-state index in [1.165, 1.54) is 32.3 Å². The molecule has 15 aromatic carbocycles. The molecule has 0 N–H and O–H groups in total. The van der Waals surface area contributed by atoms with Crippen molar-refractivity contribution >= 4 is 87.0 Å². The van der Waals surface area contributed by atoms with Crippen LogP contribution in [-0.2, 0) is 0 Å². The number of rotatable bonds is 11. The smallest absolute Gasteiger partial charge is 0.164 e. The molecule has 102 heavy (non-hydrogen) atoms. The van der Waals surface area contributed by atoms with Crippen molar-refractivity contribution in [3.63, 3.8) is 0 Å². The molecule has 0 amide bonds. The second-order valence-corrected chi connectivity index (χ2v) is 26.3. The average molecular weight is 1300 g/mol. The van der Waals surface area contributed by atoms with Gasteiger partial charge in [-0.05, 0) is 136 Å². The van der Waals surface area contributed by atoms with Gasteiger partial charge in [0.05, 0.1) is 0 Å². The monoisotopic (exact) mass is 1300 g/mol. The second kappa shape index (κ2) is 24.2. The van der Waals surface area contributed by atoms with Crippen LogP contribution in [0.15, 0.2) is 343 Å². The maximum absolute atomic E-state index is 6.91. The fourth-order valence-corrected chi connectivity index (χ4v) is 15.2. The van der Waals surface area contributed by atoms with Gasteiger partial charge in [-0.15, -0.1) is 0 Å². The Kier molecular flexibility index (Phi) is 13.9. The maximum atomic E-state index is 6.91. The number of hydrogen-bond donors (Lipinski definition) is 0. The fraction of sp³-hybridized carbons (Fsp3) is 0.0213. The number of aromatic nitrogens is 6. The zero-order valence-electron chi connectivity index (χ0n) is 55.0. The van der Waals surface area contributed by atoms with Crippen LogP contribution in [0.1, 0.15) is 18.2 Å². The van der Waals surface area contributed by atoms with Crippen LogP contribution in [0.25, 0.3) is 200 Å². The lowest BCUT2D eigenvalue weighted by Crippen LogP contribution is -2.08. The predicted molar refractivity (Wildman–Crippen MR) is 418 cm³/mol. The first-order valence-electron chi connectivity index (χ1n) is 34.6. The predicted octanol–water partition coefficient (Wildman–Crippen LogP) is 24.7. The molecule has 19 aromatic rings. The van der Waals surface area contributed by atoms with E-state index in [0.29, 0.717) is 29.1 Å². The molecule has 1 atom stereocenters. The number of nitrogens with zero attached hydrogens (tertiary/aromatic N) is 6. The lowest BCUT2D eigenvalue weighted by Gasteiger charge is -2.15. The average Bonchev–Trinajstić information content (AvgIpc) is 1.55. The topological polar surface area (TPSA) is 104 Å². The van der Waals surface area contributed by atoms with Crippen LogP contribution < -0.4 is 0 Å². The molecule has 4 aromatic heterocycles. The highest BCUT2D eigenvalue weighted by Crippen LogP contribution is 2.46. The van der Waals surface area contributed by atoms with Gasteiger partial charge in [0.25, 0.3) is 0 Å². The van der Waals surface area contributed by atoms with Crippen molar-refractivity contribution in [2.75, 3.05) is 0 Å². The summed E-state index contributed by atoms with van der Waals surface area (Å²) in [5.41, 5.74) is 18.6. The first-order valence-corrected chi connectivity index (χ1v) is 34.6. The third-order valence-electron chi connectivity index (χ3n) is 20.3. The molecule has 0 fully saturated rings. The third-order valence-corrected chi connectivity index (χ3v) is 20.3. The van der Waals surface area contributed by atoms with E-state index in [2.05, 4.69) is 273 Å². The summed E-state index contributed by atoms with van der Waals surface area (Å²) in [5, 5.41) is 13.4. The lowest BCUT2D eigenvalue weighted by atomic mass is 9.91. The molecule has 8 heteroatoms. The summed E-state index contributed by atoms with van der Waals surface area (Å²) in [7, 11) is 0. The highest BCUT2D eigenvalue weighted by Gasteiger charge is 2.25. The van der Waals surface area contributed by atoms with Gasteiger partial charge < -0.3 is 8.83 Å². The van der Waals surface area contributed by atoms with Crippen molar-refractivity contribution in [1.82, 2.24) is 29.9 Å². The van der Waals surface area contributed by atoms with E-state index in [0.717, 1.165) is 150 Å². The van der Waals surface area contributed by atoms with E-state index in [1.54, 1.807) is 0 Å². The van der Waals surface area contributed by atoms with Crippen LogP contribution in [0.2, 0.25) is 0 Å². The molecule has 1 unspecified atom stereocenters. The summed E-state index contributed by atoms with van der Waals surface area (Å²) in [5.74, 6) is 3.73. The normalized spacial score (nSPS) is 13.1. The summed E-state index contributed by atoms with van der Waals surface area (Å²) in [6.45, 7) is 0. The van der Waals surface area contributed by atoms with Crippen LogP contribution in [-0.4, -0.2) is 29.9 Å². The van der Waals surface area contributed by atoms with Crippen LogP contribution in [0.3, 0.4) is 0 Å². The van der Waals surface area contributed by atoms with Crippen LogP contribution in [0.4, 0.5) is 0 Å². The maximum Gasteiger partial charge on any atom is 0.164 e. The van der Waals surface area contributed by atoms with E-state index in [1.807, 2.05) is 60.7 Å². The van der Waals surface area contributed by atoms with Crippen molar-refractivity contribution in [2.45, 2.75) is 12.3 Å². The van der Waals surface area contributed by atoms with E-state index < -0.39 is 0 Å². The largest absolute Gasteiger partial charge is 0.455 e. The zero-order valence-corrected chi connectivity index (χ0v) is 55.0. The van der Waals surface area contributed by atoms with Crippen molar-refractivity contribution in [3.05, 3.63) is 340 Å². The van der Waals surface area contributed by atoms with E-state index in [4.69, 9.17) is 38.7 Å². The van der Waals surface area contributed by atoms with Gasteiger partial charge in [-0.25, -0.2) is 29.9 Å². The third kappa shape index (κ3) is 10.1. The Labute approximate surface area is 586 Å². The van der Waals surface area contributed by atoms with Gasteiger partial charge in [-0.1, -0.05) is 291 Å². The van der Waals surface area contributed by atoms with Crippen LogP contribution >= 0.6 is 0 Å². The number of para-hydroxylation sites is 2. The number of furan rings is 2. The molecule has 1 aliphatic rings. The van der Waals surface area contributed by atoms with Gasteiger partial charge in [-0.2, -0.15) is 0 Å². The Balaban J connectivity index is 0.620. The van der Waals surface area contributed by atoms with Crippen LogP contribution in [0, 0.1) is 0 Å². The first kappa shape index (κ1) is 58.6. The Morgan fingerprint density at radius 3 is 1.34 bits per heavy atom. The second-order valence-electron chi connectivity index (χ2n) is 26.3. The Bertz CT molecular complexity index is 6650. The first-order chi connectivity index (χ1) is 50.5. The Morgan fingerprint density at radius 1 is 0.245 bits per heavy atom. The zero-order chi connectivity index (χ0) is 67.2. The fourth-order valence-electron chi connectivity index (χ4n) is 15.2. The molecule has 0 aliphatic heterocycles. The minimum Gasteiger partial charge on any atom is -0.455 e. The molecule has 20 rings (SSSR count). The van der Waals surface area contributed by atoms with Gasteiger partial charge in [0.15, 0.2) is 29.1 Å². The van der Waals surface area contributed by atoms with Gasteiger partial charge in [0.1, 0.15) is 28.2 Å². The molecular weight excluding hydrogens is 1250 g/mol. The molecule has 4 heterocycles. The number of hydrogen-bond acceptors (Lipinski definition) is 8. The molecule has 476 valence electrons. The molecule has 8 nitrogen and oxygen atoms in total. The SMILES string of the molecule is C1=CCC(c2nc(-c3ccc(-c4ccccc4)cc3)nc(-c3ccc(-c4ccc5c(ccc6cc(-c7ccccc7-c7ccc(-c8nc(-c9ccccc9)nc(-c9cccc%10oc%11c(-c%12ccc%13c(ccc%14ccccc%14%13)c%12)cccc%11c9%10)n8)cc7)ccc65)c4)c4oc5ccccc5c34)n2)C=C1. The Hall–Kier alpha value is -13.6. The molecule has 0 bridgehead atoms. The molecule has 0 saturated heterocycles. The minimum absolute atomic E-state index is 0.0115. The highest BCUT2D eigenvalue weighted by atomic mass is 16.3. The van der Waals surface area contributed by atoms with Gasteiger partial charge in [0, 0.05) is 66.4 Å². The van der Waals surface area contributed by atoms with E-state index in [9.17, 15) is 0 Å². The van der Waals surface area contributed by atoms with Crippen molar-refractivity contribution in [1.29, 1.82) is 0 Å². The molecule has 1 aliphatic carbocycles. The molecule has 0 radical (unpaired) electrons. The summed E-state index contributed by atoms with van der Waals surface area (Å²) >= 11 is 0. The van der Waals surface area contributed by atoms with Crippen molar-refractivity contribution < 1.29 is 8.83 Å². The standard InChI is InChI=1S/C94H58N6O2/c1-4-18-57(19-5-1)58-34-39-63(40-35-58)91-96-90(62-23-8-3-9-24-62)98-94(100-91)82-53-52-78(88-86(82)79-28-14-15-32-83(79)101-88)70-48-51-76-67(56-70)45-44-66-54-68(46-49-75(66)76)73-27-13-12-26-72(73)60-36-41-64(42-37-60)92-95-89(61-21-6-2-7-22-61)97-93(99-92)81-31-17-33-84-85(81)80-30-16-29-77(87(80)102-84)69-47-50-74-65(55-69)43-38-59-20-10-11-25-71(59)74/h1-23,25-56,62H,24H2. The molecular formula is C94H58N6O2. The number of fused-ring (bicyclic) bond motifs is 12. The van der Waals surface area contributed by atoms with Crippen molar-refractivity contribution in [2.24, 2.45) is 0 Å². The van der Waals surface area contributed by atoms with E-state index in [-0.39, 0.29) is 5.92 Å². The highest BCUT2D eigenvalue weighted by molar-refractivity contribution is 6.18. The van der Waals surface area contributed by atoms with Gasteiger partial charge in [-0.3, -0.25) is 0 Å². The van der Waals surface area contributed by atoms with Crippen molar-refractivity contribution in [3.8, 4) is 113 Å². The van der Waals surface area contributed by atoms with Crippen LogP contribution in [0.5, 0.6) is 0 Å². The quantitative estimate of drug-likeness (QED) is 0.118. The van der Waals surface area contributed by atoms with Gasteiger partial charge in [0.2, 0.25) is 0 Å². The number of allylic oxidation sites excluding steroid dienone is 4. The van der Waals surface area contributed by atoms with E-state index >= 15 is 0 Å². The molecule has 0 spiro atoms. The van der Waals surface area contributed by atoms with Gasteiger partial charge >= 0.3 is 0 Å². The summed E-state index contributed by atoms with van der Waals surface area (Å²) in [4.78, 5) is 31.4. The Morgan fingerprint density at radius 2 is 0.667 bits per heavy atom.